The topological polar surface area (TPSA) is 71.3 Å². The molecule has 0 spiro atoms. The molecule has 9 heteroatoms. The predicted octanol–water partition coefficient (Wildman–Crippen LogP) is 3.41. The number of nitrogens with zero attached hydrogens (tertiary/aromatic N) is 3. The molecule has 4 aromatic rings. The third kappa shape index (κ3) is 6.09. The van der Waals surface area contributed by atoms with Gasteiger partial charge in [-0.05, 0) is 36.5 Å². The lowest BCUT2D eigenvalue weighted by molar-refractivity contribution is -0.118. The van der Waals surface area contributed by atoms with Crippen molar-refractivity contribution in [1.82, 2.24) is 19.9 Å². The Labute approximate surface area is 203 Å². The molecular formula is C24H25BClN5OS. The molecule has 1 amide bonds. The normalized spacial score (nSPS) is 10.9. The number of hydrogen-bond donors (Lipinski definition) is 2. The molecule has 0 unspecified atom stereocenters. The second kappa shape index (κ2) is 11.3. The van der Waals surface area contributed by atoms with Crippen LogP contribution in [0.15, 0.2) is 71.8 Å². The van der Waals surface area contributed by atoms with Crippen LogP contribution in [0.2, 0.25) is 5.02 Å². The van der Waals surface area contributed by atoms with Crippen LogP contribution < -0.4 is 16.1 Å². The largest absolute Gasteiger partial charge is 0.370 e. The van der Waals surface area contributed by atoms with E-state index >= 15 is 0 Å². The molecule has 0 bridgehead atoms. The van der Waals surface area contributed by atoms with Crippen LogP contribution in [0.5, 0.6) is 0 Å². The number of aromatic nitrogens is 3. The number of benzene rings is 2. The minimum Gasteiger partial charge on any atom is -0.370 e. The molecule has 4 rings (SSSR count). The van der Waals surface area contributed by atoms with Gasteiger partial charge in [-0.25, -0.2) is 4.98 Å². The number of anilines is 1. The number of carbonyl (C=O) groups excluding carboxylic acids is 1. The minimum absolute atomic E-state index is 0.0593. The molecule has 0 aliphatic heterocycles. The number of rotatable bonds is 10. The average Bonchev–Trinajstić information content (AvgIpc) is 3.21. The van der Waals surface area contributed by atoms with Crippen LogP contribution in [0.3, 0.4) is 0 Å². The van der Waals surface area contributed by atoms with Crippen molar-refractivity contribution in [1.29, 1.82) is 0 Å². The van der Waals surface area contributed by atoms with E-state index in [1.54, 1.807) is 11.8 Å². The lowest BCUT2D eigenvalue weighted by atomic mass is 10.0. The maximum absolute atomic E-state index is 12.0. The van der Waals surface area contributed by atoms with Gasteiger partial charge in [0.1, 0.15) is 13.7 Å². The summed E-state index contributed by atoms with van der Waals surface area (Å²) in [5, 5.41) is 11.6. The highest BCUT2D eigenvalue weighted by Crippen LogP contribution is 2.28. The summed E-state index contributed by atoms with van der Waals surface area (Å²) in [6, 6.07) is 19.6. The van der Waals surface area contributed by atoms with E-state index in [1.165, 1.54) is 0 Å². The van der Waals surface area contributed by atoms with E-state index in [2.05, 4.69) is 15.7 Å². The summed E-state index contributed by atoms with van der Waals surface area (Å²) < 4.78 is 1.82. The maximum atomic E-state index is 12.0. The van der Waals surface area contributed by atoms with Gasteiger partial charge in [0.05, 0.1) is 11.4 Å². The van der Waals surface area contributed by atoms with Gasteiger partial charge < -0.3 is 10.6 Å². The Morgan fingerprint density at radius 3 is 2.64 bits per heavy atom. The molecule has 33 heavy (non-hydrogen) atoms. The Bertz CT molecular complexity index is 1230. The van der Waals surface area contributed by atoms with Crippen LogP contribution in [-0.4, -0.2) is 47.2 Å². The van der Waals surface area contributed by atoms with E-state index in [4.69, 9.17) is 16.6 Å². The number of unbranched alkanes of at least 4 members (excludes halogenated alkanes) is 1. The van der Waals surface area contributed by atoms with Crippen LogP contribution in [0.1, 0.15) is 12.8 Å². The Kier molecular flexibility index (Phi) is 7.91. The summed E-state index contributed by atoms with van der Waals surface area (Å²) in [5.41, 5.74) is 3.50. The third-order valence-electron chi connectivity index (χ3n) is 5.14. The summed E-state index contributed by atoms with van der Waals surface area (Å²) in [5.74, 6) is 1.36. The van der Waals surface area contributed by atoms with Crippen LogP contribution >= 0.6 is 23.4 Å². The van der Waals surface area contributed by atoms with Crippen LogP contribution in [0, 0.1) is 0 Å². The number of thioether (sulfide) groups is 1. The Hall–Kier alpha value is -2.97. The second-order valence-corrected chi connectivity index (χ2v) is 9.11. The van der Waals surface area contributed by atoms with Crippen molar-refractivity contribution < 1.29 is 4.79 Å². The monoisotopic (exact) mass is 477 g/mol. The first-order valence-electron chi connectivity index (χ1n) is 10.9. The molecule has 0 saturated heterocycles. The van der Waals surface area contributed by atoms with Gasteiger partial charge in [0.25, 0.3) is 0 Å². The molecule has 0 aliphatic carbocycles. The number of halogens is 1. The van der Waals surface area contributed by atoms with Gasteiger partial charge >= 0.3 is 0 Å². The molecular weight excluding hydrogens is 453 g/mol. The summed E-state index contributed by atoms with van der Waals surface area (Å²) in [6.07, 6.45) is 3.61. The Morgan fingerprint density at radius 2 is 1.82 bits per heavy atom. The fourth-order valence-corrected chi connectivity index (χ4v) is 4.40. The van der Waals surface area contributed by atoms with Gasteiger partial charge in [0.15, 0.2) is 5.65 Å². The van der Waals surface area contributed by atoms with Crippen molar-refractivity contribution >= 4 is 54.0 Å². The van der Waals surface area contributed by atoms with Crippen molar-refractivity contribution in [2.75, 3.05) is 24.2 Å². The number of fused-ring (bicyclic) bond motifs is 1. The maximum Gasteiger partial charge on any atom is 0.230 e. The zero-order valence-electron chi connectivity index (χ0n) is 18.4. The van der Waals surface area contributed by atoms with Gasteiger partial charge in [-0.15, -0.1) is 11.8 Å². The van der Waals surface area contributed by atoms with Crippen LogP contribution in [0.4, 0.5) is 5.82 Å². The van der Waals surface area contributed by atoms with Crippen molar-refractivity contribution in [3.63, 3.8) is 0 Å². The molecule has 6 nitrogen and oxygen atoms in total. The highest BCUT2D eigenvalue weighted by Gasteiger charge is 2.12. The smallest absolute Gasteiger partial charge is 0.230 e. The number of nitrogens with one attached hydrogen (secondary N) is 2. The summed E-state index contributed by atoms with van der Waals surface area (Å²) in [4.78, 5) is 17.9. The first-order valence-corrected chi connectivity index (χ1v) is 12.3. The van der Waals surface area contributed by atoms with Crippen molar-refractivity contribution in [2.45, 2.75) is 17.7 Å². The van der Waals surface area contributed by atoms with Crippen molar-refractivity contribution in [3.05, 3.63) is 71.9 Å². The molecule has 0 saturated carbocycles. The van der Waals surface area contributed by atoms with E-state index in [9.17, 15) is 4.79 Å². The lowest BCUT2D eigenvalue weighted by Gasteiger charge is -2.12. The lowest BCUT2D eigenvalue weighted by Crippen LogP contribution is -2.26. The Morgan fingerprint density at radius 1 is 1.06 bits per heavy atom. The zero-order valence-corrected chi connectivity index (χ0v) is 20.0. The highest BCUT2D eigenvalue weighted by molar-refractivity contribution is 8.00. The second-order valence-electron chi connectivity index (χ2n) is 7.66. The van der Waals surface area contributed by atoms with E-state index < -0.39 is 0 Å². The van der Waals surface area contributed by atoms with Crippen molar-refractivity contribution in [3.8, 4) is 11.3 Å². The van der Waals surface area contributed by atoms with Crippen molar-refractivity contribution in [2.24, 2.45) is 0 Å². The first kappa shape index (κ1) is 23.2. The van der Waals surface area contributed by atoms with Gasteiger partial charge in [-0.2, -0.15) is 9.61 Å². The predicted molar refractivity (Wildman–Crippen MR) is 140 cm³/mol. The standard InChI is InChI=1S/C24H25BClN5OS/c25-19-15-29-31-22(14-21(30-24(19)31)18-10-4-5-11-20(18)26)27-12-6-7-13-28-23(32)16-33-17-8-2-1-3-9-17/h1-5,8-11,14-15,27H,6-7,12-13,16,25H2,(H,28,32). The van der Waals surface area contributed by atoms with Gasteiger partial charge in [-0.3, -0.25) is 4.79 Å². The van der Waals surface area contributed by atoms with E-state index in [0.29, 0.717) is 17.3 Å². The third-order valence-corrected chi connectivity index (χ3v) is 6.48. The molecule has 2 N–H and O–H groups in total. The molecule has 0 aliphatic rings. The molecule has 2 heterocycles. The van der Waals surface area contributed by atoms with Gasteiger partial charge in [0.2, 0.25) is 5.91 Å². The SMILES string of the molecule is Bc1cnn2c(NCCCCNC(=O)CSc3ccccc3)cc(-c3ccccc3Cl)nc12. The summed E-state index contributed by atoms with van der Waals surface area (Å²) >= 11 is 7.95. The Balaban J connectivity index is 1.29. The fraction of sp³-hybridized carbons (Fsp3) is 0.208. The molecule has 2 aromatic carbocycles. The van der Waals surface area contributed by atoms with Crippen LogP contribution in [0.25, 0.3) is 16.9 Å². The zero-order chi connectivity index (χ0) is 23.0. The fourth-order valence-electron chi connectivity index (χ4n) is 3.42. The number of hydrogen-bond acceptors (Lipinski definition) is 5. The van der Waals surface area contributed by atoms with E-state index in [-0.39, 0.29) is 5.91 Å². The molecule has 0 fully saturated rings. The first-order chi connectivity index (χ1) is 16.1. The number of amides is 1. The van der Waals surface area contributed by atoms with Gasteiger partial charge in [-0.1, -0.05) is 48.0 Å². The van der Waals surface area contributed by atoms with E-state index in [1.807, 2.05) is 79.2 Å². The average molecular weight is 478 g/mol. The molecule has 0 atom stereocenters. The summed E-state index contributed by atoms with van der Waals surface area (Å²) in [7, 11) is 1.99. The molecule has 168 valence electrons. The molecule has 2 aromatic heterocycles. The number of carbonyl (C=O) groups is 1. The quantitative estimate of drug-likeness (QED) is 0.208. The van der Waals surface area contributed by atoms with Crippen LogP contribution in [-0.2, 0) is 4.79 Å². The summed E-state index contributed by atoms with van der Waals surface area (Å²) in [6.45, 7) is 1.42. The molecule has 0 radical (unpaired) electrons. The van der Waals surface area contributed by atoms with E-state index in [0.717, 1.165) is 52.5 Å². The minimum atomic E-state index is 0.0593. The highest BCUT2D eigenvalue weighted by atomic mass is 35.5. The van der Waals surface area contributed by atoms with Gasteiger partial charge in [0, 0.05) is 40.8 Å².